The average molecular weight is 232 g/mol. The Morgan fingerprint density at radius 1 is 1.24 bits per heavy atom. The number of hydrogen-bond acceptors (Lipinski definition) is 2. The number of anilines is 1. The number of benzene rings is 1. The molecule has 0 spiro atoms. The molecule has 1 aliphatic rings. The van der Waals surface area contributed by atoms with Crippen molar-refractivity contribution in [1.29, 1.82) is 0 Å². The molecule has 0 aliphatic heterocycles. The molecule has 0 bridgehead atoms. The molecular formula is C15H24N2. The standard InChI is InChI=1S/C15H24N2/c1-2-15(10-4-11-15)17-12-3-5-13-6-8-14(16)9-7-13/h6-9,17H,2-5,10-12,16H2,1H3. The molecule has 0 atom stereocenters. The fourth-order valence-electron chi connectivity index (χ4n) is 2.59. The highest BCUT2D eigenvalue weighted by Crippen LogP contribution is 2.34. The molecule has 0 saturated heterocycles. The lowest BCUT2D eigenvalue weighted by molar-refractivity contribution is 0.177. The number of nitrogens with two attached hydrogens (primary N) is 1. The van der Waals surface area contributed by atoms with Gasteiger partial charge in [-0.2, -0.15) is 0 Å². The van der Waals surface area contributed by atoms with Crippen molar-refractivity contribution in [3.8, 4) is 0 Å². The van der Waals surface area contributed by atoms with Gasteiger partial charge >= 0.3 is 0 Å². The molecule has 17 heavy (non-hydrogen) atoms. The number of nitrogens with one attached hydrogen (secondary N) is 1. The van der Waals surface area contributed by atoms with E-state index >= 15 is 0 Å². The van der Waals surface area contributed by atoms with Crippen LogP contribution >= 0.6 is 0 Å². The molecule has 0 radical (unpaired) electrons. The van der Waals surface area contributed by atoms with Crippen LogP contribution in [0.1, 0.15) is 44.6 Å². The maximum absolute atomic E-state index is 5.67. The van der Waals surface area contributed by atoms with E-state index in [2.05, 4.69) is 24.4 Å². The molecule has 1 aromatic carbocycles. The van der Waals surface area contributed by atoms with Crippen molar-refractivity contribution in [2.75, 3.05) is 12.3 Å². The molecule has 1 aliphatic carbocycles. The summed E-state index contributed by atoms with van der Waals surface area (Å²) < 4.78 is 0. The van der Waals surface area contributed by atoms with Crippen molar-refractivity contribution in [1.82, 2.24) is 5.32 Å². The molecule has 0 heterocycles. The lowest BCUT2D eigenvalue weighted by Crippen LogP contribution is -2.50. The van der Waals surface area contributed by atoms with Gasteiger partial charge in [-0.05, 0) is 62.8 Å². The summed E-state index contributed by atoms with van der Waals surface area (Å²) >= 11 is 0. The third-order valence-electron chi connectivity index (χ3n) is 4.11. The second kappa shape index (κ2) is 5.54. The number of nitrogen functional groups attached to an aromatic ring is 1. The second-order valence-corrected chi connectivity index (χ2v) is 5.26. The van der Waals surface area contributed by atoms with E-state index in [1.165, 1.54) is 37.7 Å². The number of hydrogen-bond donors (Lipinski definition) is 2. The van der Waals surface area contributed by atoms with Gasteiger partial charge in [-0.1, -0.05) is 19.1 Å². The van der Waals surface area contributed by atoms with Gasteiger partial charge in [0, 0.05) is 11.2 Å². The summed E-state index contributed by atoms with van der Waals surface area (Å²) in [7, 11) is 0. The Morgan fingerprint density at radius 3 is 2.47 bits per heavy atom. The first kappa shape index (κ1) is 12.4. The Balaban J connectivity index is 1.67. The van der Waals surface area contributed by atoms with Crippen molar-refractivity contribution in [3.05, 3.63) is 29.8 Å². The highest BCUT2D eigenvalue weighted by molar-refractivity contribution is 5.39. The van der Waals surface area contributed by atoms with Crippen molar-refractivity contribution < 1.29 is 0 Å². The van der Waals surface area contributed by atoms with Crippen LogP contribution in [0.25, 0.3) is 0 Å². The summed E-state index contributed by atoms with van der Waals surface area (Å²) in [4.78, 5) is 0. The van der Waals surface area contributed by atoms with Gasteiger partial charge in [0.1, 0.15) is 0 Å². The molecule has 2 heteroatoms. The van der Waals surface area contributed by atoms with Gasteiger partial charge < -0.3 is 11.1 Å². The van der Waals surface area contributed by atoms with Crippen LogP contribution in [0.2, 0.25) is 0 Å². The van der Waals surface area contributed by atoms with E-state index in [9.17, 15) is 0 Å². The Labute approximate surface area is 105 Å². The summed E-state index contributed by atoms with van der Waals surface area (Å²) in [6, 6.07) is 8.24. The van der Waals surface area contributed by atoms with Gasteiger partial charge in [-0.25, -0.2) is 0 Å². The third kappa shape index (κ3) is 3.22. The lowest BCUT2D eigenvalue weighted by atomic mass is 9.75. The van der Waals surface area contributed by atoms with Crippen molar-refractivity contribution in [3.63, 3.8) is 0 Å². The Bertz CT molecular complexity index is 333. The van der Waals surface area contributed by atoms with E-state index in [4.69, 9.17) is 5.73 Å². The zero-order chi connectivity index (χ0) is 12.1. The van der Waals surface area contributed by atoms with Crippen LogP contribution in [0.5, 0.6) is 0 Å². The van der Waals surface area contributed by atoms with Crippen LogP contribution < -0.4 is 11.1 Å². The van der Waals surface area contributed by atoms with Crippen LogP contribution in [-0.2, 0) is 6.42 Å². The molecule has 1 aromatic rings. The monoisotopic (exact) mass is 232 g/mol. The Kier molecular flexibility index (Phi) is 4.06. The topological polar surface area (TPSA) is 38.0 Å². The molecule has 0 amide bonds. The van der Waals surface area contributed by atoms with E-state index in [1.807, 2.05) is 12.1 Å². The summed E-state index contributed by atoms with van der Waals surface area (Å²) in [6.07, 6.45) is 7.77. The van der Waals surface area contributed by atoms with Gasteiger partial charge in [-0.15, -0.1) is 0 Å². The first-order valence-electron chi connectivity index (χ1n) is 6.83. The quantitative estimate of drug-likeness (QED) is 0.584. The van der Waals surface area contributed by atoms with Crippen LogP contribution in [0.4, 0.5) is 5.69 Å². The number of rotatable bonds is 6. The molecule has 94 valence electrons. The van der Waals surface area contributed by atoms with E-state index < -0.39 is 0 Å². The van der Waals surface area contributed by atoms with Gasteiger partial charge in [0.25, 0.3) is 0 Å². The summed E-state index contributed by atoms with van der Waals surface area (Å²) in [5, 5.41) is 3.74. The predicted octanol–water partition coefficient (Wildman–Crippen LogP) is 3.12. The van der Waals surface area contributed by atoms with E-state index in [-0.39, 0.29) is 0 Å². The maximum Gasteiger partial charge on any atom is 0.0314 e. The SMILES string of the molecule is CCC1(NCCCc2ccc(N)cc2)CCC1. The lowest BCUT2D eigenvalue weighted by Gasteiger charge is -2.42. The molecule has 1 saturated carbocycles. The normalized spacial score (nSPS) is 17.7. The highest BCUT2D eigenvalue weighted by Gasteiger charge is 2.33. The smallest absolute Gasteiger partial charge is 0.0314 e. The molecular weight excluding hydrogens is 208 g/mol. The second-order valence-electron chi connectivity index (χ2n) is 5.26. The minimum Gasteiger partial charge on any atom is -0.399 e. The molecule has 2 nitrogen and oxygen atoms in total. The molecule has 0 aromatic heterocycles. The minimum absolute atomic E-state index is 0.487. The van der Waals surface area contributed by atoms with E-state index in [0.29, 0.717) is 5.54 Å². The average Bonchev–Trinajstić information content (AvgIpc) is 2.30. The summed E-state index contributed by atoms with van der Waals surface area (Å²) in [5.74, 6) is 0. The van der Waals surface area contributed by atoms with Crippen LogP contribution in [0.15, 0.2) is 24.3 Å². The van der Waals surface area contributed by atoms with Gasteiger partial charge in [0.05, 0.1) is 0 Å². The zero-order valence-electron chi connectivity index (χ0n) is 10.8. The van der Waals surface area contributed by atoms with Crippen LogP contribution in [0.3, 0.4) is 0 Å². The van der Waals surface area contributed by atoms with E-state index in [0.717, 1.165) is 18.7 Å². The highest BCUT2D eigenvalue weighted by atomic mass is 15.0. The van der Waals surface area contributed by atoms with Gasteiger partial charge in [-0.3, -0.25) is 0 Å². The minimum atomic E-state index is 0.487. The number of aryl methyl sites for hydroxylation is 1. The van der Waals surface area contributed by atoms with Crippen LogP contribution in [-0.4, -0.2) is 12.1 Å². The maximum atomic E-state index is 5.67. The Hall–Kier alpha value is -1.02. The first-order chi connectivity index (χ1) is 8.24. The molecule has 0 unspecified atom stereocenters. The Morgan fingerprint density at radius 2 is 1.94 bits per heavy atom. The first-order valence-corrected chi connectivity index (χ1v) is 6.83. The summed E-state index contributed by atoms with van der Waals surface area (Å²) in [5.41, 5.74) is 8.40. The third-order valence-corrected chi connectivity index (χ3v) is 4.11. The van der Waals surface area contributed by atoms with Crippen molar-refractivity contribution in [2.45, 2.75) is 51.0 Å². The zero-order valence-corrected chi connectivity index (χ0v) is 10.8. The van der Waals surface area contributed by atoms with Crippen molar-refractivity contribution in [2.24, 2.45) is 0 Å². The molecule has 3 N–H and O–H groups in total. The van der Waals surface area contributed by atoms with Gasteiger partial charge in [0.2, 0.25) is 0 Å². The largest absolute Gasteiger partial charge is 0.399 e. The van der Waals surface area contributed by atoms with E-state index in [1.54, 1.807) is 0 Å². The van der Waals surface area contributed by atoms with Gasteiger partial charge in [0.15, 0.2) is 0 Å². The van der Waals surface area contributed by atoms with Crippen molar-refractivity contribution >= 4 is 5.69 Å². The van der Waals surface area contributed by atoms with Crippen LogP contribution in [0, 0.1) is 0 Å². The predicted molar refractivity (Wildman–Crippen MR) is 74.1 cm³/mol. The fraction of sp³-hybridized carbons (Fsp3) is 0.600. The molecule has 2 rings (SSSR count). The fourth-order valence-corrected chi connectivity index (χ4v) is 2.59. The summed E-state index contributed by atoms with van der Waals surface area (Å²) in [6.45, 7) is 3.43. The molecule has 1 fully saturated rings.